The Morgan fingerprint density at radius 2 is 1.87 bits per heavy atom. The zero-order chi connectivity index (χ0) is 16.8. The Morgan fingerprint density at radius 3 is 2.48 bits per heavy atom. The molecule has 0 aromatic heterocycles. The van der Waals surface area contributed by atoms with Crippen molar-refractivity contribution in [3.63, 3.8) is 0 Å². The fraction of sp³-hybridized carbons (Fsp3) is 0.263. The van der Waals surface area contributed by atoms with E-state index >= 15 is 0 Å². The molecule has 23 heavy (non-hydrogen) atoms. The van der Waals surface area contributed by atoms with E-state index < -0.39 is 5.97 Å². The van der Waals surface area contributed by atoms with Gasteiger partial charge in [0.1, 0.15) is 11.5 Å². The smallest absolute Gasteiger partial charge is 0.303 e. The van der Waals surface area contributed by atoms with Gasteiger partial charge in [0.15, 0.2) is 0 Å². The zero-order valence-electron chi connectivity index (χ0n) is 13.3. The van der Waals surface area contributed by atoms with Crippen LogP contribution < -0.4 is 4.74 Å². The lowest BCUT2D eigenvalue weighted by atomic mass is 10.0. The van der Waals surface area contributed by atoms with Gasteiger partial charge in [0.2, 0.25) is 0 Å². The SMILES string of the molecule is CCc1cc(Oc2ccc(C#N)c(C)c2)ccc1CCC(=O)O. The number of rotatable bonds is 6. The average molecular weight is 309 g/mol. The van der Waals surface area contributed by atoms with Gasteiger partial charge in [-0.2, -0.15) is 5.26 Å². The van der Waals surface area contributed by atoms with E-state index in [1.165, 1.54) is 0 Å². The Bertz CT molecular complexity index is 760. The molecule has 0 saturated carbocycles. The number of carboxylic acid groups (broad SMARTS) is 1. The van der Waals surface area contributed by atoms with E-state index in [4.69, 9.17) is 15.1 Å². The first-order valence-electron chi connectivity index (χ1n) is 7.55. The summed E-state index contributed by atoms with van der Waals surface area (Å²) in [6.45, 7) is 3.91. The van der Waals surface area contributed by atoms with E-state index in [1.807, 2.05) is 38.1 Å². The molecule has 0 fully saturated rings. The first-order chi connectivity index (χ1) is 11.0. The quantitative estimate of drug-likeness (QED) is 0.866. The summed E-state index contributed by atoms with van der Waals surface area (Å²) in [5, 5.41) is 17.8. The molecule has 118 valence electrons. The first-order valence-corrected chi connectivity index (χ1v) is 7.55. The molecular weight excluding hydrogens is 290 g/mol. The van der Waals surface area contributed by atoms with Gasteiger partial charge in [0.25, 0.3) is 0 Å². The van der Waals surface area contributed by atoms with Gasteiger partial charge in [-0.05, 0) is 66.8 Å². The summed E-state index contributed by atoms with van der Waals surface area (Å²) < 4.78 is 5.86. The molecule has 0 saturated heterocycles. The van der Waals surface area contributed by atoms with Crippen LogP contribution in [-0.4, -0.2) is 11.1 Å². The third-order valence-corrected chi connectivity index (χ3v) is 3.72. The van der Waals surface area contributed by atoms with Crippen LogP contribution in [0.3, 0.4) is 0 Å². The maximum Gasteiger partial charge on any atom is 0.303 e. The molecule has 2 aromatic rings. The van der Waals surface area contributed by atoms with Crippen molar-refractivity contribution >= 4 is 5.97 Å². The summed E-state index contributed by atoms with van der Waals surface area (Å²) in [6.07, 6.45) is 1.47. The van der Waals surface area contributed by atoms with Crippen molar-refractivity contribution in [3.05, 3.63) is 58.7 Å². The van der Waals surface area contributed by atoms with Gasteiger partial charge < -0.3 is 9.84 Å². The molecule has 0 heterocycles. The summed E-state index contributed by atoms with van der Waals surface area (Å²) in [4.78, 5) is 10.7. The molecule has 0 bridgehead atoms. The lowest BCUT2D eigenvalue weighted by molar-refractivity contribution is -0.136. The minimum absolute atomic E-state index is 0.127. The second-order valence-corrected chi connectivity index (χ2v) is 5.37. The predicted octanol–water partition coefficient (Wildman–Crippen LogP) is 4.24. The summed E-state index contributed by atoms with van der Waals surface area (Å²) in [7, 11) is 0. The second-order valence-electron chi connectivity index (χ2n) is 5.37. The number of aryl methyl sites for hydroxylation is 3. The van der Waals surface area contributed by atoms with Crippen LogP contribution in [0.1, 0.15) is 35.6 Å². The fourth-order valence-electron chi connectivity index (χ4n) is 2.44. The maximum atomic E-state index is 10.7. The van der Waals surface area contributed by atoms with E-state index in [9.17, 15) is 4.79 Å². The molecule has 0 aliphatic heterocycles. The average Bonchev–Trinajstić information content (AvgIpc) is 2.53. The van der Waals surface area contributed by atoms with E-state index in [1.54, 1.807) is 12.1 Å². The van der Waals surface area contributed by atoms with Crippen LogP contribution in [0.5, 0.6) is 11.5 Å². The van der Waals surface area contributed by atoms with Crippen LogP contribution in [0.15, 0.2) is 36.4 Å². The zero-order valence-corrected chi connectivity index (χ0v) is 13.3. The first kappa shape index (κ1) is 16.6. The minimum Gasteiger partial charge on any atom is -0.481 e. The standard InChI is InChI=1S/C19H19NO3/c1-3-14-11-18(7-4-15(14)6-9-19(21)22)23-17-8-5-16(12-20)13(2)10-17/h4-5,7-8,10-11H,3,6,9H2,1-2H3,(H,21,22). The number of carboxylic acids is 1. The van der Waals surface area contributed by atoms with Crippen LogP contribution in [0.2, 0.25) is 0 Å². The van der Waals surface area contributed by atoms with E-state index in [-0.39, 0.29) is 6.42 Å². The van der Waals surface area contributed by atoms with Crippen molar-refractivity contribution in [2.45, 2.75) is 33.1 Å². The maximum absolute atomic E-state index is 10.7. The molecule has 0 unspecified atom stereocenters. The van der Waals surface area contributed by atoms with Crippen molar-refractivity contribution in [1.82, 2.24) is 0 Å². The van der Waals surface area contributed by atoms with Gasteiger partial charge in [0, 0.05) is 6.42 Å². The number of carbonyl (C=O) groups is 1. The van der Waals surface area contributed by atoms with Gasteiger partial charge in [-0.15, -0.1) is 0 Å². The molecular formula is C19H19NO3. The predicted molar refractivity (Wildman–Crippen MR) is 87.7 cm³/mol. The minimum atomic E-state index is -0.791. The molecule has 4 heteroatoms. The fourth-order valence-corrected chi connectivity index (χ4v) is 2.44. The number of nitriles is 1. The van der Waals surface area contributed by atoms with E-state index in [0.717, 1.165) is 23.1 Å². The number of nitrogens with zero attached hydrogens (tertiary/aromatic N) is 1. The molecule has 1 N–H and O–H groups in total. The largest absolute Gasteiger partial charge is 0.481 e. The highest BCUT2D eigenvalue weighted by Gasteiger charge is 2.07. The van der Waals surface area contributed by atoms with Crippen LogP contribution in [0.4, 0.5) is 0 Å². The van der Waals surface area contributed by atoms with Crippen molar-refractivity contribution in [1.29, 1.82) is 5.26 Å². The van der Waals surface area contributed by atoms with Crippen molar-refractivity contribution in [2.24, 2.45) is 0 Å². The number of hydrogen-bond donors (Lipinski definition) is 1. The lowest BCUT2D eigenvalue weighted by Crippen LogP contribution is -2.00. The Hall–Kier alpha value is -2.80. The number of benzene rings is 2. The topological polar surface area (TPSA) is 70.3 Å². The summed E-state index contributed by atoms with van der Waals surface area (Å²) in [5.74, 6) is 0.604. The van der Waals surface area contributed by atoms with Crippen LogP contribution in [-0.2, 0) is 17.6 Å². The van der Waals surface area contributed by atoms with Crippen LogP contribution in [0, 0.1) is 18.3 Å². The molecule has 0 radical (unpaired) electrons. The van der Waals surface area contributed by atoms with Crippen molar-refractivity contribution < 1.29 is 14.6 Å². The van der Waals surface area contributed by atoms with Crippen LogP contribution >= 0.6 is 0 Å². The van der Waals surface area contributed by atoms with Gasteiger partial charge in [-0.1, -0.05) is 13.0 Å². The molecule has 2 aromatic carbocycles. The highest BCUT2D eigenvalue weighted by molar-refractivity contribution is 5.67. The Morgan fingerprint density at radius 1 is 1.17 bits per heavy atom. The third kappa shape index (κ3) is 4.33. The highest BCUT2D eigenvalue weighted by Crippen LogP contribution is 2.26. The van der Waals surface area contributed by atoms with Crippen molar-refractivity contribution in [2.75, 3.05) is 0 Å². The summed E-state index contributed by atoms with van der Waals surface area (Å²) >= 11 is 0. The van der Waals surface area contributed by atoms with Gasteiger partial charge >= 0.3 is 5.97 Å². The Labute approximate surface area is 136 Å². The number of ether oxygens (including phenoxy) is 1. The molecule has 0 spiro atoms. The highest BCUT2D eigenvalue weighted by atomic mass is 16.5. The molecule has 0 aliphatic carbocycles. The normalized spacial score (nSPS) is 10.1. The number of hydrogen-bond acceptors (Lipinski definition) is 3. The van der Waals surface area contributed by atoms with Crippen molar-refractivity contribution in [3.8, 4) is 17.6 Å². The summed E-state index contributed by atoms with van der Waals surface area (Å²) in [5.41, 5.74) is 3.64. The monoisotopic (exact) mass is 309 g/mol. The van der Waals surface area contributed by atoms with Gasteiger partial charge in [-0.25, -0.2) is 0 Å². The Kier molecular flexibility index (Phi) is 5.37. The number of aliphatic carboxylic acids is 1. The Balaban J connectivity index is 2.19. The molecule has 0 amide bonds. The van der Waals surface area contributed by atoms with Crippen LogP contribution in [0.25, 0.3) is 0 Å². The van der Waals surface area contributed by atoms with Gasteiger partial charge in [-0.3, -0.25) is 4.79 Å². The van der Waals surface area contributed by atoms with Gasteiger partial charge in [0.05, 0.1) is 11.6 Å². The van der Waals surface area contributed by atoms with E-state index in [0.29, 0.717) is 23.5 Å². The summed E-state index contributed by atoms with van der Waals surface area (Å²) in [6, 6.07) is 13.2. The molecule has 2 rings (SSSR count). The molecule has 0 atom stereocenters. The second kappa shape index (κ2) is 7.46. The molecule has 0 aliphatic rings. The van der Waals surface area contributed by atoms with E-state index in [2.05, 4.69) is 6.07 Å². The third-order valence-electron chi connectivity index (χ3n) is 3.72. The molecule has 4 nitrogen and oxygen atoms in total. The lowest BCUT2D eigenvalue weighted by Gasteiger charge is -2.11.